The van der Waals surface area contributed by atoms with Crippen molar-refractivity contribution in [2.24, 2.45) is 0 Å². The van der Waals surface area contributed by atoms with E-state index in [-0.39, 0.29) is 35.6 Å². The van der Waals surface area contributed by atoms with Crippen molar-refractivity contribution in [2.45, 2.75) is 95.7 Å². The number of fused-ring (bicyclic) bond motifs is 1. The smallest absolute Gasteiger partial charge is 0.332 e. The zero-order chi connectivity index (χ0) is 41.5. The van der Waals surface area contributed by atoms with E-state index in [1.54, 1.807) is 13.0 Å². The topological polar surface area (TPSA) is 127 Å². The molecule has 2 aliphatic rings. The Bertz CT molecular complexity index is 2520. The van der Waals surface area contributed by atoms with Crippen LogP contribution in [0.25, 0.3) is 21.0 Å². The second kappa shape index (κ2) is 16.5. The number of ether oxygens (including phenoxy) is 2. The molecule has 1 aliphatic carbocycles. The molecular formula is C45H49FN4O7SSi. The lowest BCUT2D eigenvalue weighted by Gasteiger charge is -2.46. The predicted molar refractivity (Wildman–Crippen MR) is 229 cm³/mol. The van der Waals surface area contributed by atoms with Crippen molar-refractivity contribution < 1.29 is 27.5 Å². The average molecular weight is 837 g/mol. The molecule has 1 amide bonds. The first-order valence-electron chi connectivity index (χ1n) is 20.1. The first-order chi connectivity index (χ1) is 28.4. The van der Waals surface area contributed by atoms with Gasteiger partial charge >= 0.3 is 5.69 Å². The van der Waals surface area contributed by atoms with E-state index < -0.39 is 43.4 Å². The summed E-state index contributed by atoms with van der Waals surface area (Å²) < 4.78 is 43.5. The molecule has 308 valence electrons. The number of methoxy groups -OCH3 is 1. The zero-order valence-electron chi connectivity index (χ0n) is 33.9. The highest BCUT2D eigenvalue weighted by Gasteiger charge is 2.51. The van der Waals surface area contributed by atoms with Crippen LogP contribution in [-0.2, 0) is 20.5 Å². The van der Waals surface area contributed by atoms with E-state index >= 15 is 4.39 Å². The van der Waals surface area contributed by atoms with Gasteiger partial charge in [0.15, 0.2) is 0 Å². The molecule has 2 atom stereocenters. The van der Waals surface area contributed by atoms with E-state index in [0.29, 0.717) is 51.9 Å². The van der Waals surface area contributed by atoms with Crippen LogP contribution in [0.5, 0.6) is 5.75 Å². The molecule has 6 aromatic rings. The van der Waals surface area contributed by atoms with Crippen molar-refractivity contribution in [3.8, 4) is 16.5 Å². The van der Waals surface area contributed by atoms with Crippen molar-refractivity contribution in [2.75, 3.05) is 13.7 Å². The normalized spacial score (nSPS) is 19.2. The third kappa shape index (κ3) is 7.51. The van der Waals surface area contributed by atoms with Gasteiger partial charge in [-0.3, -0.25) is 14.2 Å². The molecule has 3 aromatic carbocycles. The summed E-state index contributed by atoms with van der Waals surface area (Å²) in [6.45, 7) is 8.85. The second-order valence-corrected chi connectivity index (χ2v) is 21.7. The van der Waals surface area contributed by atoms with Gasteiger partial charge in [0.2, 0.25) is 11.8 Å². The van der Waals surface area contributed by atoms with E-state index in [1.165, 1.54) is 58.0 Å². The van der Waals surface area contributed by atoms with E-state index in [2.05, 4.69) is 79.6 Å². The molecule has 11 nitrogen and oxygen atoms in total. The standard InChI is InChI=1S/C45H49FN4O7SSi/c1-28-38-42(52)50(35-22-23-47-40(35)51)44(53)49(43(38)58-39(28)41-48-24-25-55-41)27-37(34-26-29(46)16-21-36(34)54-5)56-30-17-19-31(20-18-30)57-59(45(2,3)4,32-12-8-6-9-13-32)33-14-10-7-11-15-33/h6-16,21,24-26,30-31,35,37H,17-20,22-23,27H2,1-5H3,(H,47,51)/t30?,31?,35-,37+/m1/s1. The highest BCUT2D eigenvalue weighted by molar-refractivity contribution is 7.22. The lowest BCUT2D eigenvalue weighted by atomic mass is 9.94. The molecule has 1 aliphatic heterocycles. The lowest BCUT2D eigenvalue weighted by Crippen LogP contribution is -2.67. The molecule has 1 N–H and O–H groups in total. The number of aromatic nitrogens is 3. The fourth-order valence-electron chi connectivity index (χ4n) is 8.96. The van der Waals surface area contributed by atoms with Crippen molar-refractivity contribution >= 4 is 46.2 Å². The molecule has 0 unspecified atom stereocenters. The first-order valence-corrected chi connectivity index (χ1v) is 22.9. The number of halogens is 1. The molecule has 14 heteroatoms. The molecule has 0 spiro atoms. The Morgan fingerprint density at radius 3 is 2.19 bits per heavy atom. The van der Waals surface area contributed by atoms with Gasteiger partial charge in [-0.15, -0.1) is 11.3 Å². The minimum atomic E-state index is -2.80. The number of hydrogen-bond donors (Lipinski definition) is 1. The van der Waals surface area contributed by atoms with Crippen molar-refractivity contribution in [1.82, 2.24) is 19.4 Å². The predicted octanol–water partition coefficient (Wildman–Crippen LogP) is 7.04. The molecule has 1 saturated carbocycles. The van der Waals surface area contributed by atoms with Gasteiger partial charge in [-0.2, -0.15) is 0 Å². The van der Waals surface area contributed by atoms with Gasteiger partial charge in [0.25, 0.3) is 13.9 Å². The number of oxazole rings is 1. The summed E-state index contributed by atoms with van der Waals surface area (Å²) >= 11 is 1.21. The second-order valence-electron chi connectivity index (χ2n) is 16.4. The van der Waals surface area contributed by atoms with Crippen molar-refractivity contribution in [1.29, 1.82) is 0 Å². The Labute approximate surface area is 346 Å². The van der Waals surface area contributed by atoms with Crippen LogP contribution in [0.2, 0.25) is 5.04 Å². The molecule has 2 fully saturated rings. The quantitative estimate of drug-likeness (QED) is 0.130. The number of thiophene rings is 1. The summed E-state index contributed by atoms with van der Waals surface area (Å²) in [5.41, 5.74) is -0.208. The van der Waals surface area contributed by atoms with E-state index in [1.807, 2.05) is 12.1 Å². The molecule has 1 saturated heterocycles. The Morgan fingerprint density at radius 2 is 1.61 bits per heavy atom. The van der Waals surface area contributed by atoms with Gasteiger partial charge in [-0.05, 0) is 78.2 Å². The average Bonchev–Trinajstić information content (AvgIpc) is 4.00. The number of nitrogens with one attached hydrogen (secondary N) is 1. The molecule has 8 rings (SSSR count). The summed E-state index contributed by atoms with van der Waals surface area (Å²) in [6.07, 6.45) is 4.86. The van der Waals surface area contributed by atoms with Crippen LogP contribution in [0.1, 0.15) is 76.1 Å². The monoisotopic (exact) mass is 836 g/mol. The largest absolute Gasteiger partial charge is 0.496 e. The third-order valence-electron chi connectivity index (χ3n) is 11.8. The number of aryl methyl sites for hydroxylation is 1. The number of amides is 1. The van der Waals surface area contributed by atoms with Gasteiger partial charge in [-0.25, -0.2) is 18.7 Å². The van der Waals surface area contributed by atoms with Crippen LogP contribution in [0, 0.1) is 12.7 Å². The maximum absolute atomic E-state index is 15.2. The first kappa shape index (κ1) is 40.6. The number of nitrogens with zero attached hydrogens (tertiary/aromatic N) is 3. The van der Waals surface area contributed by atoms with Gasteiger partial charge in [0.05, 0.1) is 36.2 Å². The third-order valence-corrected chi connectivity index (χ3v) is 18.2. The highest BCUT2D eigenvalue weighted by atomic mass is 32.1. The molecule has 4 heterocycles. The van der Waals surface area contributed by atoms with Crippen LogP contribution in [0.15, 0.2) is 105 Å². The van der Waals surface area contributed by atoms with Gasteiger partial charge < -0.3 is 23.6 Å². The number of hydrogen-bond acceptors (Lipinski definition) is 9. The lowest BCUT2D eigenvalue weighted by molar-refractivity contribution is -0.122. The van der Waals surface area contributed by atoms with E-state index in [9.17, 15) is 14.4 Å². The summed E-state index contributed by atoms with van der Waals surface area (Å²) in [7, 11) is -1.29. The fraction of sp³-hybridized carbons (Fsp3) is 0.378. The maximum Gasteiger partial charge on any atom is 0.332 e. The Hall–Kier alpha value is -5.15. The summed E-state index contributed by atoms with van der Waals surface area (Å²) in [5, 5.41) is 5.31. The molecule has 59 heavy (non-hydrogen) atoms. The molecule has 0 radical (unpaired) electrons. The molecule has 0 bridgehead atoms. The van der Waals surface area contributed by atoms with Gasteiger partial charge in [0, 0.05) is 18.2 Å². The summed E-state index contributed by atoms with van der Waals surface area (Å²) in [6, 6.07) is 24.5. The Kier molecular flexibility index (Phi) is 11.3. The van der Waals surface area contributed by atoms with E-state index in [0.717, 1.165) is 17.4 Å². The number of rotatable bonds is 12. The van der Waals surface area contributed by atoms with E-state index in [4.69, 9.17) is 18.3 Å². The van der Waals surface area contributed by atoms with Crippen LogP contribution in [0.4, 0.5) is 4.39 Å². The fourth-order valence-corrected chi connectivity index (χ4v) is 15.0. The minimum Gasteiger partial charge on any atom is -0.496 e. The number of carbonyl (C=O) groups excluding carboxylic acids is 1. The maximum atomic E-state index is 15.2. The highest BCUT2D eigenvalue weighted by Crippen LogP contribution is 2.41. The number of benzene rings is 3. The number of carbonyl (C=O) groups is 1. The Morgan fingerprint density at radius 1 is 0.949 bits per heavy atom. The van der Waals surface area contributed by atoms with Crippen molar-refractivity contribution in [3.63, 3.8) is 0 Å². The minimum absolute atomic E-state index is 0.0330. The van der Waals surface area contributed by atoms with Crippen LogP contribution in [-0.4, -0.2) is 54.2 Å². The zero-order valence-corrected chi connectivity index (χ0v) is 35.7. The SMILES string of the molecule is COc1ccc(F)cc1[C@H](Cn1c(=O)n([C@@H]2CCNC2=O)c(=O)c2c(C)c(-c3ncco3)sc21)OC1CCC(O[Si](c2ccccc2)(c2ccccc2)C(C)(C)C)CC1. The summed E-state index contributed by atoms with van der Waals surface area (Å²) in [4.78, 5) is 47.2. The van der Waals surface area contributed by atoms with Crippen LogP contribution in [0.3, 0.4) is 0 Å². The summed E-state index contributed by atoms with van der Waals surface area (Å²) in [5.74, 6) is -0.174. The van der Waals surface area contributed by atoms with Gasteiger partial charge in [-0.1, -0.05) is 81.4 Å². The van der Waals surface area contributed by atoms with Crippen LogP contribution < -0.4 is 31.7 Å². The molecule has 3 aromatic heterocycles. The van der Waals surface area contributed by atoms with Crippen molar-refractivity contribution in [3.05, 3.63) is 129 Å². The molecular weight excluding hydrogens is 788 g/mol. The van der Waals surface area contributed by atoms with Gasteiger partial charge in [0.1, 0.15) is 34.8 Å². The van der Waals surface area contributed by atoms with Crippen LogP contribution >= 0.6 is 11.3 Å². The Balaban J connectivity index is 1.16.